The molecule has 1 atom stereocenters. The molecule has 0 aliphatic carbocycles. The minimum Gasteiger partial charge on any atom is -0.236 e. The van der Waals surface area contributed by atoms with Gasteiger partial charge < -0.3 is 0 Å². The molecule has 0 N–H and O–H groups in total. The summed E-state index contributed by atoms with van der Waals surface area (Å²) in [6.07, 6.45) is 0. The standard InChI is InChI=1S/C20H21NSSi/c1-15(13-14-23(2,3)4)17-11-8-12-18-19(17)21-20(22-18)16-9-6-5-7-10-16/h5-12,15H,1-4H3/t15-/m0/s1. The molecule has 23 heavy (non-hydrogen) atoms. The molecule has 0 fully saturated rings. The molecule has 0 spiro atoms. The lowest BCUT2D eigenvalue weighted by atomic mass is 10.0. The highest BCUT2D eigenvalue weighted by atomic mass is 32.1. The topological polar surface area (TPSA) is 12.9 Å². The summed E-state index contributed by atoms with van der Waals surface area (Å²) in [5.74, 6) is 3.68. The van der Waals surface area contributed by atoms with Gasteiger partial charge in [0.15, 0.2) is 0 Å². The zero-order chi connectivity index (χ0) is 16.4. The van der Waals surface area contributed by atoms with Gasteiger partial charge in [-0.25, -0.2) is 4.98 Å². The Hall–Kier alpha value is -1.89. The molecule has 0 amide bonds. The zero-order valence-electron chi connectivity index (χ0n) is 14.1. The van der Waals surface area contributed by atoms with Gasteiger partial charge in [0, 0.05) is 11.5 Å². The van der Waals surface area contributed by atoms with Crippen LogP contribution in [-0.2, 0) is 0 Å². The molecular weight excluding hydrogens is 314 g/mol. The van der Waals surface area contributed by atoms with Crippen molar-refractivity contribution in [1.29, 1.82) is 0 Å². The summed E-state index contributed by atoms with van der Waals surface area (Å²) in [5.41, 5.74) is 7.02. The highest BCUT2D eigenvalue weighted by molar-refractivity contribution is 7.21. The Balaban J connectivity index is 2.05. The fraction of sp³-hybridized carbons (Fsp3) is 0.250. The smallest absolute Gasteiger partial charge is 0.129 e. The summed E-state index contributed by atoms with van der Waals surface area (Å²) >= 11 is 1.75. The van der Waals surface area contributed by atoms with Crippen LogP contribution in [0.2, 0.25) is 19.6 Å². The minimum absolute atomic E-state index is 0.219. The van der Waals surface area contributed by atoms with Crippen LogP contribution < -0.4 is 0 Å². The summed E-state index contributed by atoms with van der Waals surface area (Å²) < 4.78 is 1.24. The van der Waals surface area contributed by atoms with Crippen LogP contribution in [0, 0.1) is 11.5 Å². The fourth-order valence-corrected chi connectivity index (χ4v) is 4.08. The van der Waals surface area contributed by atoms with Gasteiger partial charge in [-0.3, -0.25) is 0 Å². The number of nitrogens with zero attached hydrogens (tertiary/aromatic N) is 1. The largest absolute Gasteiger partial charge is 0.236 e. The SMILES string of the molecule is C[C@@H](C#C[Si](C)(C)C)c1cccc2sc(-c3ccccc3)nc12. The van der Waals surface area contributed by atoms with Crippen molar-refractivity contribution >= 4 is 29.6 Å². The number of fused-ring (bicyclic) bond motifs is 1. The van der Waals surface area contributed by atoms with E-state index in [1.165, 1.54) is 15.8 Å². The van der Waals surface area contributed by atoms with Crippen molar-refractivity contribution < 1.29 is 0 Å². The summed E-state index contributed by atoms with van der Waals surface area (Å²) in [6, 6.07) is 16.8. The van der Waals surface area contributed by atoms with E-state index < -0.39 is 8.07 Å². The van der Waals surface area contributed by atoms with Crippen LogP contribution in [-0.4, -0.2) is 13.1 Å². The molecule has 0 saturated carbocycles. The average molecular weight is 336 g/mol. The molecule has 0 radical (unpaired) electrons. The lowest BCUT2D eigenvalue weighted by molar-refractivity contribution is 1.01. The van der Waals surface area contributed by atoms with E-state index in [9.17, 15) is 0 Å². The van der Waals surface area contributed by atoms with Crippen LogP contribution >= 0.6 is 11.3 Å². The van der Waals surface area contributed by atoms with E-state index in [4.69, 9.17) is 4.98 Å². The molecule has 1 aromatic heterocycles. The lowest BCUT2D eigenvalue weighted by Crippen LogP contribution is -2.16. The molecule has 2 aromatic carbocycles. The van der Waals surface area contributed by atoms with Crippen molar-refractivity contribution in [2.45, 2.75) is 32.5 Å². The number of aromatic nitrogens is 1. The second-order valence-corrected chi connectivity index (χ2v) is 12.6. The Morgan fingerprint density at radius 3 is 2.43 bits per heavy atom. The van der Waals surface area contributed by atoms with Gasteiger partial charge in [-0.2, -0.15) is 0 Å². The Bertz CT molecular complexity index is 879. The van der Waals surface area contributed by atoms with Gasteiger partial charge in [-0.15, -0.1) is 22.8 Å². The highest BCUT2D eigenvalue weighted by Gasteiger charge is 2.14. The van der Waals surface area contributed by atoms with E-state index in [1.54, 1.807) is 11.3 Å². The Kier molecular flexibility index (Phi) is 4.38. The van der Waals surface area contributed by atoms with E-state index in [0.29, 0.717) is 0 Å². The molecule has 0 unspecified atom stereocenters. The maximum Gasteiger partial charge on any atom is 0.129 e. The first kappa shape index (κ1) is 16.0. The summed E-state index contributed by atoms with van der Waals surface area (Å²) in [7, 11) is -1.35. The summed E-state index contributed by atoms with van der Waals surface area (Å²) in [6.45, 7) is 9.03. The van der Waals surface area contributed by atoms with Crippen molar-refractivity contribution in [3.63, 3.8) is 0 Å². The number of para-hydroxylation sites is 1. The first-order chi connectivity index (χ1) is 10.9. The summed E-state index contributed by atoms with van der Waals surface area (Å²) in [4.78, 5) is 4.91. The van der Waals surface area contributed by atoms with Crippen LogP contribution in [0.15, 0.2) is 48.5 Å². The highest BCUT2D eigenvalue weighted by Crippen LogP contribution is 2.33. The molecule has 0 aliphatic heterocycles. The predicted octanol–water partition coefficient (Wildman–Crippen LogP) is 5.95. The van der Waals surface area contributed by atoms with Crippen molar-refractivity contribution in [1.82, 2.24) is 4.98 Å². The van der Waals surface area contributed by atoms with Gasteiger partial charge in [0.05, 0.1) is 10.2 Å². The first-order valence-electron chi connectivity index (χ1n) is 7.91. The molecule has 3 aromatic rings. The van der Waals surface area contributed by atoms with Crippen LogP contribution in [0.1, 0.15) is 18.4 Å². The number of hydrogen-bond donors (Lipinski definition) is 0. The van der Waals surface area contributed by atoms with Gasteiger partial charge in [0.2, 0.25) is 0 Å². The van der Waals surface area contributed by atoms with Crippen LogP contribution in [0.25, 0.3) is 20.8 Å². The molecule has 0 bridgehead atoms. The molecule has 0 saturated heterocycles. The molecular formula is C20H21NSSi. The monoisotopic (exact) mass is 335 g/mol. The molecule has 1 nitrogen and oxygen atoms in total. The maximum absolute atomic E-state index is 4.91. The quantitative estimate of drug-likeness (QED) is 0.417. The molecule has 116 valence electrons. The van der Waals surface area contributed by atoms with Crippen molar-refractivity contribution in [3.05, 3.63) is 54.1 Å². The third-order valence-corrected chi connectivity index (χ3v) is 5.57. The third-order valence-electron chi connectivity index (χ3n) is 3.60. The number of rotatable bonds is 2. The lowest BCUT2D eigenvalue weighted by Gasteiger charge is -2.08. The van der Waals surface area contributed by atoms with Crippen molar-refractivity contribution in [2.24, 2.45) is 0 Å². The Labute approximate surface area is 143 Å². The van der Waals surface area contributed by atoms with Gasteiger partial charge in [0.25, 0.3) is 0 Å². The van der Waals surface area contributed by atoms with E-state index in [2.05, 4.69) is 80.5 Å². The molecule has 1 heterocycles. The fourth-order valence-electron chi connectivity index (χ4n) is 2.43. The predicted molar refractivity (Wildman–Crippen MR) is 105 cm³/mol. The van der Waals surface area contributed by atoms with Crippen LogP contribution in [0.3, 0.4) is 0 Å². The van der Waals surface area contributed by atoms with E-state index in [0.717, 1.165) is 10.5 Å². The maximum atomic E-state index is 4.91. The van der Waals surface area contributed by atoms with Gasteiger partial charge in [-0.1, -0.05) is 62.1 Å². The first-order valence-corrected chi connectivity index (χ1v) is 12.2. The Morgan fingerprint density at radius 1 is 1.00 bits per heavy atom. The van der Waals surface area contributed by atoms with Crippen molar-refractivity contribution in [2.75, 3.05) is 0 Å². The second-order valence-electron chi connectivity index (χ2n) is 6.82. The Morgan fingerprint density at radius 2 is 1.74 bits per heavy atom. The zero-order valence-corrected chi connectivity index (χ0v) is 15.9. The minimum atomic E-state index is -1.35. The number of benzene rings is 2. The van der Waals surface area contributed by atoms with Gasteiger partial charge in [0.1, 0.15) is 13.1 Å². The second kappa shape index (κ2) is 6.31. The number of thiazole rings is 1. The van der Waals surface area contributed by atoms with Crippen molar-refractivity contribution in [3.8, 4) is 22.0 Å². The molecule has 0 aliphatic rings. The van der Waals surface area contributed by atoms with Gasteiger partial charge >= 0.3 is 0 Å². The van der Waals surface area contributed by atoms with Crippen LogP contribution in [0.5, 0.6) is 0 Å². The van der Waals surface area contributed by atoms with E-state index in [1.807, 2.05) is 6.07 Å². The summed E-state index contributed by atoms with van der Waals surface area (Å²) in [5, 5.41) is 1.08. The van der Waals surface area contributed by atoms with E-state index in [-0.39, 0.29) is 5.92 Å². The van der Waals surface area contributed by atoms with Gasteiger partial charge in [-0.05, 0) is 18.6 Å². The molecule has 3 rings (SSSR count). The average Bonchev–Trinajstić information content (AvgIpc) is 2.97. The third kappa shape index (κ3) is 3.72. The number of hydrogen-bond acceptors (Lipinski definition) is 2. The normalized spacial score (nSPS) is 12.7. The molecule has 3 heteroatoms. The van der Waals surface area contributed by atoms with Crippen LogP contribution in [0.4, 0.5) is 0 Å². The van der Waals surface area contributed by atoms with E-state index >= 15 is 0 Å².